The lowest BCUT2D eigenvalue weighted by molar-refractivity contribution is 0.301. The molecule has 0 atom stereocenters. The Hall–Kier alpha value is -4.30. The molecule has 0 unspecified atom stereocenters. The van der Waals surface area contributed by atoms with Crippen LogP contribution in [0.4, 0.5) is 0 Å². The first-order chi connectivity index (χ1) is 21.0. The zero-order valence-electron chi connectivity index (χ0n) is 25.7. The number of allylic oxidation sites excluding steroid dienone is 10. The number of aliphatic hydroxyl groups is 1. The first-order valence-electron chi connectivity index (χ1n) is 14.8. The van der Waals surface area contributed by atoms with E-state index in [1.165, 1.54) is 22.3 Å². The Labute approximate surface area is 272 Å². The molecule has 2 aromatic carbocycles. The number of aliphatic imine (C=N–C) groups is 3. The van der Waals surface area contributed by atoms with E-state index < -0.39 is 5.41 Å². The molecule has 2 aromatic rings. The Morgan fingerprint density at radius 1 is 0.705 bits per heavy atom. The fourth-order valence-electron chi connectivity index (χ4n) is 6.41. The molecular formula is C38H33IN4O. The summed E-state index contributed by atoms with van der Waals surface area (Å²) in [7, 11) is 0. The third-order valence-corrected chi connectivity index (χ3v) is 9.82. The van der Waals surface area contributed by atoms with Gasteiger partial charge < -0.3 is 10.4 Å². The largest absolute Gasteiger partial charge is 0.509 e. The molecule has 0 saturated carbocycles. The molecule has 0 saturated heterocycles. The van der Waals surface area contributed by atoms with Gasteiger partial charge in [0.15, 0.2) is 0 Å². The minimum atomic E-state index is -0.618. The summed E-state index contributed by atoms with van der Waals surface area (Å²) < 4.78 is 0.855. The van der Waals surface area contributed by atoms with Crippen molar-refractivity contribution in [2.24, 2.45) is 20.4 Å². The Morgan fingerprint density at radius 2 is 1.30 bits per heavy atom. The van der Waals surface area contributed by atoms with Gasteiger partial charge in [-0.3, -0.25) is 0 Å². The van der Waals surface area contributed by atoms with Crippen LogP contribution >= 0.6 is 22.6 Å². The van der Waals surface area contributed by atoms with Crippen LogP contribution in [0.25, 0.3) is 11.1 Å². The van der Waals surface area contributed by atoms with Gasteiger partial charge in [0.25, 0.3) is 0 Å². The van der Waals surface area contributed by atoms with Gasteiger partial charge in [0, 0.05) is 16.8 Å². The van der Waals surface area contributed by atoms with Gasteiger partial charge in [-0.2, -0.15) is 0 Å². The second-order valence-electron chi connectivity index (χ2n) is 12.4. The van der Waals surface area contributed by atoms with Crippen molar-refractivity contribution in [2.45, 2.75) is 41.5 Å². The SMILES string of the molecule is Cc1ccc(C2=C3C=CC(=N3)C=C3NC(=C(O)C3(C)C)C(I)=C3C=CC(=N3)C(c3c(C)cc(C)cc3C)=C3C=CC2=N3)cc1. The summed E-state index contributed by atoms with van der Waals surface area (Å²) in [6.45, 7) is 12.6. The van der Waals surface area contributed by atoms with Crippen molar-refractivity contribution in [3.8, 4) is 0 Å². The van der Waals surface area contributed by atoms with Crippen LogP contribution < -0.4 is 5.32 Å². The highest BCUT2D eigenvalue weighted by molar-refractivity contribution is 14.1. The molecule has 44 heavy (non-hydrogen) atoms. The molecule has 7 rings (SSSR count). The molecule has 0 aliphatic carbocycles. The number of hydrogen-bond donors (Lipinski definition) is 2. The molecule has 0 amide bonds. The minimum absolute atomic E-state index is 0.289. The van der Waals surface area contributed by atoms with Gasteiger partial charge in [0.2, 0.25) is 0 Å². The number of hydrogen-bond acceptors (Lipinski definition) is 5. The maximum Gasteiger partial charge on any atom is 0.128 e. The van der Waals surface area contributed by atoms with E-state index in [-0.39, 0.29) is 5.76 Å². The zero-order chi connectivity index (χ0) is 30.9. The Morgan fingerprint density at radius 3 is 2.00 bits per heavy atom. The second kappa shape index (κ2) is 10.4. The monoisotopic (exact) mass is 688 g/mol. The predicted molar refractivity (Wildman–Crippen MR) is 191 cm³/mol. The van der Waals surface area contributed by atoms with E-state index in [1.54, 1.807) is 0 Å². The highest BCUT2D eigenvalue weighted by atomic mass is 127. The van der Waals surface area contributed by atoms with E-state index in [9.17, 15) is 5.11 Å². The van der Waals surface area contributed by atoms with Gasteiger partial charge in [-0.05, 0) is 129 Å². The molecule has 5 aliphatic heterocycles. The molecule has 0 aromatic heterocycles. The Bertz CT molecular complexity index is 2010. The van der Waals surface area contributed by atoms with Gasteiger partial charge in [-0.15, -0.1) is 0 Å². The molecule has 8 bridgehead atoms. The van der Waals surface area contributed by atoms with E-state index in [2.05, 4.69) is 116 Å². The van der Waals surface area contributed by atoms with E-state index in [4.69, 9.17) is 15.0 Å². The van der Waals surface area contributed by atoms with Crippen molar-refractivity contribution < 1.29 is 5.11 Å². The fraction of sp³-hybridized carbons (Fsp3) is 0.184. The lowest BCUT2D eigenvalue weighted by Crippen LogP contribution is -2.19. The number of aliphatic hydroxyl groups excluding tert-OH is 1. The van der Waals surface area contributed by atoms with E-state index in [0.717, 1.165) is 65.8 Å². The van der Waals surface area contributed by atoms with Crippen molar-refractivity contribution in [1.29, 1.82) is 0 Å². The van der Waals surface area contributed by atoms with Crippen LogP contribution in [0.3, 0.4) is 0 Å². The normalized spacial score (nSPS) is 20.1. The van der Waals surface area contributed by atoms with Crippen LogP contribution in [-0.2, 0) is 0 Å². The number of rotatable bonds is 2. The molecule has 0 spiro atoms. The summed E-state index contributed by atoms with van der Waals surface area (Å²) in [5.41, 5.74) is 14.9. The molecule has 6 heteroatoms. The number of halogens is 1. The smallest absolute Gasteiger partial charge is 0.128 e. The van der Waals surface area contributed by atoms with Gasteiger partial charge in [-0.25, -0.2) is 15.0 Å². The van der Waals surface area contributed by atoms with Crippen LogP contribution in [-0.4, -0.2) is 22.2 Å². The van der Waals surface area contributed by atoms with Crippen LogP contribution in [0.5, 0.6) is 0 Å². The van der Waals surface area contributed by atoms with Crippen LogP contribution in [0.15, 0.2) is 132 Å². The first kappa shape index (κ1) is 28.5. The van der Waals surface area contributed by atoms with Gasteiger partial charge in [0.1, 0.15) is 5.76 Å². The Balaban J connectivity index is 1.56. The molecule has 5 heterocycles. The second-order valence-corrected chi connectivity index (χ2v) is 13.5. The average Bonchev–Trinajstić information content (AvgIpc) is 3.77. The molecule has 2 N–H and O–H groups in total. The number of nitrogens with one attached hydrogen (secondary N) is 1. The lowest BCUT2D eigenvalue weighted by atomic mass is 9.88. The van der Waals surface area contributed by atoms with Crippen molar-refractivity contribution in [1.82, 2.24) is 5.32 Å². The quantitative estimate of drug-likeness (QED) is 0.310. The molecule has 218 valence electrons. The molecule has 5 nitrogen and oxygen atoms in total. The van der Waals surface area contributed by atoms with Crippen LogP contribution in [0.1, 0.15) is 47.2 Å². The van der Waals surface area contributed by atoms with E-state index in [1.807, 2.05) is 32.1 Å². The Kier molecular flexibility index (Phi) is 6.73. The summed E-state index contributed by atoms with van der Waals surface area (Å²) in [6.07, 6.45) is 14.4. The molecule has 5 aliphatic rings. The molecular weight excluding hydrogens is 655 g/mol. The maximum absolute atomic E-state index is 11.5. The number of nitrogens with zero attached hydrogens (tertiary/aromatic N) is 3. The highest BCUT2D eigenvalue weighted by Gasteiger charge is 2.39. The minimum Gasteiger partial charge on any atom is -0.509 e. The summed E-state index contributed by atoms with van der Waals surface area (Å²) in [5, 5.41) is 15.0. The van der Waals surface area contributed by atoms with Crippen LogP contribution in [0.2, 0.25) is 0 Å². The summed E-state index contributed by atoms with van der Waals surface area (Å²) in [6, 6.07) is 13.0. The van der Waals surface area contributed by atoms with E-state index in [0.29, 0.717) is 5.70 Å². The van der Waals surface area contributed by atoms with E-state index >= 15 is 0 Å². The van der Waals surface area contributed by atoms with Gasteiger partial charge >= 0.3 is 0 Å². The van der Waals surface area contributed by atoms with Crippen molar-refractivity contribution in [3.05, 3.63) is 150 Å². The average molecular weight is 689 g/mol. The van der Waals surface area contributed by atoms with Crippen molar-refractivity contribution >= 4 is 50.9 Å². The highest BCUT2D eigenvalue weighted by Crippen LogP contribution is 2.44. The number of fused-ring (bicyclic) bond motifs is 5. The third-order valence-electron chi connectivity index (χ3n) is 8.73. The lowest BCUT2D eigenvalue weighted by Gasteiger charge is -2.19. The van der Waals surface area contributed by atoms with Gasteiger partial charge in [-0.1, -0.05) is 47.5 Å². The fourth-order valence-corrected chi connectivity index (χ4v) is 7.10. The summed E-state index contributed by atoms with van der Waals surface area (Å²) in [5.74, 6) is 0.289. The standard InChI is InChI=1S/C38H33IN4O/c1-20-7-9-24(10-8-20)33-26-12-11-25(40-26)19-31-38(5,6)37(44)36(43-31)35(39)30-16-15-29(42-30)34(28-14-13-27(33)41-28)32-22(3)17-21(2)18-23(32)4/h7-19,43-44H,1-6H3. The van der Waals surface area contributed by atoms with Crippen molar-refractivity contribution in [3.63, 3.8) is 0 Å². The number of benzene rings is 2. The third kappa shape index (κ3) is 4.63. The summed E-state index contributed by atoms with van der Waals surface area (Å²) in [4.78, 5) is 15.6. The predicted octanol–water partition coefficient (Wildman–Crippen LogP) is 9.02. The van der Waals surface area contributed by atoms with Gasteiger partial charge in [0.05, 0.1) is 48.9 Å². The molecule has 0 fully saturated rings. The topological polar surface area (TPSA) is 69.3 Å². The first-order valence-corrected chi connectivity index (χ1v) is 15.9. The summed E-state index contributed by atoms with van der Waals surface area (Å²) >= 11 is 2.29. The zero-order valence-corrected chi connectivity index (χ0v) is 27.8. The molecule has 0 radical (unpaired) electrons. The maximum atomic E-state index is 11.5. The number of aryl methyl sites for hydroxylation is 4. The van der Waals surface area contributed by atoms with Crippen LogP contribution in [0, 0.1) is 33.1 Å². The van der Waals surface area contributed by atoms with Crippen molar-refractivity contribution in [2.75, 3.05) is 0 Å².